The molecule has 22 heavy (non-hydrogen) atoms. The van der Waals surface area contributed by atoms with Crippen molar-refractivity contribution >= 4 is 17.7 Å². The van der Waals surface area contributed by atoms with Crippen molar-refractivity contribution in [1.29, 1.82) is 0 Å². The molecule has 6 N–H and O–H groups in total. The van der Waals surface area contributed by atoms with Gasteiger partial charge >= 0.3 is 0 Å². The molecule has 0 aliphatic heterocycles. The van der Waals surface area contributed by atoms with Gasteiger partial charge in [0.2, 0.25) is 17.7 Å². The summed E-state index contributed by atoms with van der Waals surface area (Å²) in [5.74, 6) is -1.57. The molecule has 0 aromatic heterocycles. The first-order valence-corrected chi connectivity index (χ1v) is 7.00. The van der Waals surface area contributed by atoms with Gasteiger partial charge in [0.1, 0.15) is 12.1 Å². The normalized spacial score (nSPS) is 14.5. The first-order chi connectivity index (χ1) is 10.3. The zero-order valence-electron chi connectivity index (χ0n) is 12.7. The summed E-state index contributed by atoms with van der Waals surface area (Å²) in [6, 6.07) is 6.83. The Morgan fingerprint density at radius 3 is 2.14 bits per heavy atom. The first kappa shape index (κ1) is 17.6. The lowest BCUT2D eigenvalue weighted by Crippen LogP contribution is -2.54. The van der Waals surface area contributed by atoms with E-state index in [0.717, 1.165) is 5.56 Å². The zero-order chi connectivity index (χ0) is 16.7. The molecule has 0 fully saturated rings. The quantitative estimate of drug-likeness (QED) is 0.518. The van der Waals surface area contributed by atoms with Crippen molar-refractivity contribution in [2.45, 2.75) is 38.4 Å². The first-order valence-electron chi connectivity index (χ1n) is 7.00. The number of nitrogens with two attached hydrogens (primary N) is 2. The highest BCUT2D eigenvalue weighted by atomic mass is 16.2. The average Bonchev–Trinajstić information content (AvgIpc) is 2.47. The summed E-state index contributed by atoms with van der Waals surface area (Å²) in [4.78, 5) is 35.0. The maximum Gasteiger partial charge on any atom is 0.242 e. The van der Waals surface area contributed by atoms with Gasteiger partial charge in [-0.15, -0.1) is 0 Å². The van der Waals surface area contributed by atoms with E-state index in [-0.39, 0.29) is 6.42 Å². The molecule has 0 saturated carbocycles. The number of primary amides is 1. The Balaban J connectivity index is 2.64. The molecule has 0 saturated heterocycles. The van der Waals surface area contributed by atoms with Gasteiger partial charge in [-0.2, -0.15) is 0 Å². The van der Waals surface area contributed by atoms with E-state index in [1.54, 1.807) is 0 Å². The van der Waals surface area contributed by atoms with Crippen LogP contribution >= 0.6 is 0 Å². The molecule has 0 spiro atoms. The zero-order valence-corrected chi connectivity index (χ0v) is 12.7. The molecule has 1 rings (SSSR count). The molecule has 1 aromatic rings. The van der Waals surface area contributed by atoms with E-state index in [4.69, 9.17) is 11.5 Å². The minimum Gasteiger partial charge on any atom is -0.368 e. The fourth-order valence-corrected chi connectivity index (χ4v) is 1.78. The highest BCUT2D eigenvalue weighted by Crippen LogP contribution is 2.03. The van der Waals surface area contributed by atoms with Crippen LogP contribution in [-0.4, -0.2) is 35.8 Å². The van der Waals surface area contributed by atoms with E-state index < -0.39 is 35.8 Å². The molecule has 1 aromatic carbocycles. The van der Waals surface area contributed by atoms with Crippen LogP contribution in [-0.2, 0) is 20.8 Å². The van der Waals surface area contributed by atoms with Gasteiger partial charge in [0.15, 0.2) is 0 Å². The second-order valence-corrected chi connectivity index (χ2v) is 5.17. The Morgan fingerprint density at radius 1 is 1.05 bits per heavy atom. The molecular formula is C15H22N4O3. The standard InChI is InChI=1S/C15H22N4O3/c1-9(16)14(21)18-10(2)15(22)19-12(13(17)20)8-11-6-4-3-5-7-11/h3-7,9-10,12H,8,16H2,1-2H3,(H2,17,20)(H,18,21)(H,19,22)/t9-,10-,12-/m0/s1. The number of rotatable bonds is 7. The molecule has 7 nitrogen and oxygen atoms in total. The molecule has 120 valence electrons. The summed E-state index contributed by atoms with van der Waals surface area (Å²) in [7, 11) is 0. The van der Waals surface area contributed by atoms with Crippen LogP contribution < -0.4 is 22.1 Å². The monoisotopic (exact) mass is 306 g/mol. The second kappa shape index (κ2) is 8.14. The third-order valence-electron chi connectivity index (χ3n) is 3.11. The molecule has 3 atom stereocenters. The van der Waals surface area contributed by atoms with E-state index in [1.807, 2.05) is 30.3 Å². The highest BCUT2D eigenvalue weighted by Gasteiger charge is 2.23. The summed E-state index contributed by atoms with van der Waals surface area (Å²) in [5, 5.41) is 5.00. The lowest BCUT2D eigenvalue weighted by molar-refractivity contribution is -0.131. The Hall–Kier alpha value is -2.41. The molecule has 0 bridgehead atoms. The SMILES string of the molecule is C[C@H](N)C(=O)N[C@@H](C)C(=O)N[C@@H](Cc1ccccc1)C(N)=O. The van der Waals surface area contributed by atoms with E-state index in [1.165, 1.54) is 13.8 Å². The number of amides is 3. The van der Waals surface area contributed by atoms with E-state index >= 15 is 0 Å². The smallest absolute Gasteiger partial charge is 0.242 e. The largest absolute Gasteiger partial charge is 0.368 e. The lowest BCUT2D eigenvalue weighted by atomic mass is 10.1. The number of carbonyl (C=O) groups is 3. The summed E-state index contributed by atoms with van der Waals surface area (Å²) in [6.45, 7) is 3.03. The minimum atomic E-state index is -0.843. The summed E-state index contributed by atoms with van der Waals surface area (Å²) in [6.07, 6.45) is 0.288. The third kappa shape index (κ3) is 5.53. The van der Waals surface area contributed by atoms with Crippen LogP contribution in [0, 0.1) is 0 Å². The van der Waals surface area contributed by atoms with E-state index in [9.17, 15) is 14.4 Å². The number of hydrogen-bond donors (Lipinski definition) is 4. The van der Waals surface area contributed by atoms with E-state index in [2.05, 4.69) is 10.6 Å². The third-order valence-corrected chi connectivity index (χ3v) is 3.11. The van der Waals surface area contributed by atoms with Gasteiger partial charge < -0.3 is 22.1 Å². The molecule has 3 amide bonds. The molecule has 0 radical (unpaired) electrons. The maximum absolute atomic E-state index is 12.0. The van der Waals surface area contributed by atoms with Crippen LogP contribution in [0.25, 0.3) is 0 Å². The van der Waals surface area contributed by atoms with Gasteiger partial charge in [-0.05, 0) is 19.4 Å². The van der Waals surface area contributed by atoms with Crippen LogP contribution in [0.3, 0.4) is 0 Å². The number of carbonyl (C=O) groups excluding carboxylic acids is 3. The fourth-order valence-electron chi connectivity index (χ4n) is 1.78. The van der Waals surface area contributed by atoms with Gasteiger partial charge in [-0.3, -0.25) is 14.4 Å². The molecule has 7 heteroatoms. The van der Waals surface area contributed by atoms with Crippen LogP contribution in [0.5, 0.6) is 0 Å². The number of hydrogen-bond acceptors (Lipinski definition) is 4. The molecular weight excluding hydrogens is 284 g/mol. The van der Waals surface area contributed by atoms with Gasteiger partial charge in [-0.25, -0.2) is 0 Å². The van der Waals surface area contributed by atoms with Crippen LogP contribution in [0.15, 0.2) is 30.3 Å². The van der Waals surface area contributed by atoms with Crippen molar-refractivity contribution in [1.82, 2.24) is 10.6 Å². The topological polar surface area (TPSA) is 127 Å². The van der Waals surface area contributed by atoms with Crippen molar-refractivity contribution in [2.24, 2.45) is 11.5 Å². The van der Waals surface area contributed by atoms with Gasteiger partial charge in [0.25, 0.3) is 0 Å². The predicted octanol–water partition coefficient (Wildman–Crippen LogP) is -0.949. The molecule has 0 heterocycles. The van der Waals surface area contributed by atoms with Crippen molar-refractivity contribution in [3.63, 3.8) is 0 Å². The summed E-state index contributed by atoms with van der Waals surface area (Å²) < 4.78 is 0. The maximum atomic E-state index is 12.0. The van der Waals surface area contributed by atoms with Crippen molar-refractivity contribution in [2.75, 3.05) is 0 Å². The molecule has 0 aliphatic carbocycles. The van der Waals surface area contributed by atoms with E-state index in [0.29, 0.717) is 0 Å². The van der Waals surface area contributed by atoms with Crippen molar-refractivity contribution in [3.05, 3.63) is 35.9 Å². The minimum absolute atomic E-state index is 0.288. The Labute approximate surface area is 129 Å². The molecule has 0 aliphatic rings. The van der Waals surface area contributed by atoms with Crippen molar-refractivity contribution in [3.8, 4) is 0 Å². The molecule has 0 unspecified atom stereocenters. The lowest BCUT2D eigenvalue weighted by Gasteiger charge is -2.20. The Kier molecular flexibility index (Phi) is 6.52. The van der Waals surface area contributed by atoms with Crippen LogP contribution in [0.2, 0.25) is 0 Å². The Morgan fingerprint density at radius 2 is 1.64 bits per heavy atom. The number of nitrogens with one attached hydrogen (secondary N) is 2. The second-order valence-electron chi connectivity index (χ2n) is 5.17. The average molecular weight is 306 g/mol. The van der Waals surface area contributed by atoms with Gasteiger partial charge in [-0.1, -0.05) is 30.3 Å². The summed E-state index contributed by atoms with van der Waals surface area (Å²) in [5.41, 5.74) is 11.6. The Bertz CT molecular complexity index is 531. The van der Waals surface area contributed by atoms with Gasteiger partial charge in [0.05, 0.1) is 6.04 Å². The fraction of sp³-hybridized carbons (Fsp3) is 0.400. The number of benzene rings is 1. The summed E-state index contributed by atoms with van der Waals surface area (Å²) >= 11 is 0. The van der Waals surface area contributed by atoms with Crippen LogP contribution in [0.4, 0.5) is 0 Å². The van der Waals surface area contributed by atoms with Crippen molar-refractivity contribution < 1.29 is 14.4 Å². The van der Waals surface area contributed by atoms with Crippen LogP contribution in [0.1, 0.15) is 19.4 Å². The van der Waals surface area contributed by atoms with Gasteiger partial charge in [0, 0.05) is 6.42 Å². The predicted molar refractivity (Wildman–Crippen MR) is 82.5 cm³/mol. The highest BCUT2D eigenvalue weighted by molar-refractivity contribution is 5.92.